The summed E-state index contributed by atoms with van der Waals surface area (Å²) in [4.78, 5) is 51.4. The standard InChI is InChI=1S/C28H30N8O4/c1-5-24(37)30-18-7-6-8-20(15-18)36-25-22(34(3)26(38)27(36)39)17-29-28(32-25)31-21-10-9-19(16-23(21)40-4)35-13-11-33(2)12-14-35/h5-10,15-17H,1,11-14H2,2-4H3,(H,30,37)(H,29,31,32). The van der Waals surface area contributed by atoms with Crippen LogP contribution in [0.3, 0.4) is 0 Å². The zero-order valence-corrected chi connectivity index (χ0v) is 22.5. The molecule has 2 aromatic heterocycles. The zero-order chi connectivity index (χ0) is 28.4. The van der Waals surface area contributed by atoms with Crippen LogP contribution < -0.4 is 31.4 Å². The van der Waals surface area contributed by atoms with E-state index in [0.29, 0.717) is 28.3 Å². The van der Waals surface area contributed by atoms with E-state index in [1.165, 1.54) is 22.4 Å². The minimum Gasteiger partial charge on any atom is -0.494 e. The molecular formula is C28H30N8O4. The van der Waals surface area contributed by atoms with Crippen LogP contribution in [0.1, 0.15) is 0 Å². The predicted molar refractivity (Wildman–Crippen MR) is 155 cm³/mol. The molecule has 12 heteroatoms. The van der Waals surface area contributed by atoms with Gasteiger partial charge in [-0.15, -0.1) is 0 Å². The van der Waals surface area contributed by atoms with Crippen molar-refractivity contribution in [2.75, 3.05) is 55.9 Å². The third kappa shape index (κ3) is 5.16. The van der Waals surface area contributed by atoms with Gasteiger partial charge in [-0.3, -0.25) is 19.0 Å². The summed E-state index contributed by atoms with van der Waals surface area (Å²) in [5, 5.41) is 5.85. The van der Waals surface area contributed by atoms with Gasteiger partial charge in [0.05, 0.1) is 24.7 Å². The monoisotopic (exact) mass is 542 g/mol. The first-order chi connectivity index (χ1) is 19.3. The largest absolute Gasteiger partial charge is 0.494 e. The molecule has 0 radical (unpaired) electrons. The molecular weight excluding hydrogens is 512 g/mol. The topological polar surface area (TPSA) is 127 Å². The minimum atomic E-state index is -0.791. The number of aromatic nitrogens is 4. The van der Waals surface area contributed by atoms with Crippen LogP contribution in [-0.2, 0) is 11.8 Å². The van der Waals surface area contributed by atoms with Crippen molar-refractivity contribution in [2.24, 2.45) is 7.05 Å². The molecule has 40 heavy (non-hydrogen) atoms. The number of benzene rings is 2. The Kier molecular flexibility index (Phi) is 7.34. The number of rotatable bonds is 7. The van der Waals surface area contributed by atoms with Crippen molar-refractivity contribution >= 4 is 40.1 Å². The Morgan fingerprint density at radius 2 is 1.80 bits per heavy atom. The van der Waals surface area contributed by atoms with Crippen molar-refractivity contribution in [3.63, 3.8) is 0 Å². The van der Waals surface area contributed by atoms with Gasteiger partial charge < -0.3 is 29.7 Å². The van der Waals surface area contributed by atoms with Crippen LogP contribution in [-0.4, -0.2) is 70.2 Å². The molecule has 1 aliphatic heterocycles. The number of amides is 1. The molecule has 0 saturated carbocycles. The van der Waals surface area contributed by atoms with Gasteiger partial charge in [-0.2, -0.15) is 4.98 Å². The predicted octanol–water partition coefficient (Wildman–Crippen LogP) is 2.11. The molecule has 0 bridgehead atoms. The fraction of sp³-hybridized carbons (Fsp3) is 0.250. The van der Waals surface area contributed by atoms with E-state index in [0.717, 1.165) is 37.9 Å². The van der Waals surface area contributed by atoms with Crippen LogP contribution in [0.2, 0.25) is 0 Å². The first kappa shape index (κ1) is 26.6. The van der Waals surface area contributed by atoms with Crippen LogP contribution in [0.15, 0.2) is 70.9 Å². The third-order valence-electron chi connectivity index (χ3n) is 6.87. The molecule has 1 saturated heterocycles. The highest BCUT2D eigenvalue weighted by atomic mass is 16.5. The van der Waals surface area contributed by atoms with Crippen LogP contribution in [0, 0.1) is 0 Å². The SMILES string of the molecule is C=CC(=O)Nc1cccc(-n2c(=O)c(=O)n(C)c3cnc(Nc4ccc(N5CCN(C)CC5)cc4OC)nc32)c1. The number of aryl methyl sites for hydroxylation is 1. The molecule has 1 amide bonds. The fourth-order valence-electron chi connectivity index (χ4n) is 4.59. The minimum absolute atomic E-state index is 0.209. The molecule has 0 atom stereocenters. The Hall–Kier alpha value is -4.97. The fourth-order valence-corrected chi connectivity index (χ4v) is 4.59. The summed E-state index contributed by atoms with van der Waals surface area (Å²) in [6.07, 6.45) is 2.63. The van der Waals surface area contributed by atoms with Crippen molar-refractivity contribution in [1.29, 1.82) is 0 Å². The number of likely N-dealkylation sites (N-methyl/N-ethyl adjacent to an activating group) is 1. The number of carbonyl (C=O) groups is 1. The molecule has 2 aromatic carbocycles. The maximum atomic E-state index is 13.2. The first-order valence-corrected chi connectivity index (χ1v) is 12.7. The van der Waals surface area contributed by atoms with Crippen LogP contribution in [0.5, 0.6) is 5.75 Å². The van der Waals surface area contributed by atoms with E-state index in [4.69, 9.17) is 4.74 Å². The average molecular weight is 543 g/mol. The molecule has 0 spiro atoms. The number of carbonyl (C=O) groups excluding carboxylic acids is 1. The molecule has 3 heterocycles. The summed E-state index contributed by atoms with van der Waals surface area (Å²) in [6.45, 7) is 7.28. The van der Waals surface area contributed by atoms with E-state index in [2.05, 4.69) is 44.0 Å². The highest BCUT2D eigenvalue weighted by Crippen LogP contribution is 2.32. The van der Waals surface area contributed by atoms with Gasteiger partial charge in [0.1, 0.15) is 11.3 Å². The molecule has 1 fully saturated rings. The molecule has 0 aliphatic carbocycles. The van der Waals surface area contributed by atoms with E-state index in [-0.39, 0.29) is 11.6 Å². The zero-order valence-electron chi connectivity index (χ0n) is 22.5. The Morgan fingerprint density at radius 1 is 1.02 bits per heavy atom. The Balaban J connectivity index is 1.55. The number of nitrogens with zero attached hydrogens (tertiary/aromatic N) is 6. The molecule has 4 aromatic rings. The lowest BCUT2D eigenvalue weighted by Gasteiger charge is -2.34. The van der Waals surface area contributed by atoms with E-state index in [9.17, 15) is 14.4 Å². The van der Waals surface area contributed by atoms with E-state index >= 15 is 0 Å². The Labute approximate surface area is 230 Å². The number of ether oxygens (including phenoxy) is 1. The summed E-state index contributed by atoms with van der Waals surface area (Å²) in [5.41, 5.74) is 1.53. The molecule has 206 valence electrons. The number of methoxy groups -OCH3 is 1. The third-order valence-corrected chi connectivity index (χ3v) is 6.87. The van der Waals surface area contributed by atoms with Crippen molar-refractivity contribution < 1.29 is 9.53 Å². The summed E-state index contributed by atoms with van der Waals surface area (Å²) in [7, 11) is 5.21. The molecule has 2 N–H and O–H groups in total. The second kappa shape index (κ2) is 11.0. The number of nitrogens with one attached hydrogen (secondary N) is 2. The lowest BCUT2D eigenvalue weighted by molar-refractivity contribution is -0.111. The second-order valence-electron chi connectivity index (χ2n) is 9.45. The second-order valence-corrected chi connectivity index (χ2v) is 9.45. The van der Waals surface area contributed by atoms with E-state index < -0.39 is 17.0 Å². The quantitative estimate of drug-likeness (QED) is 0.267. The van der Waals surface area contributed by atoms with Crippen molar-refractivity contribution in [1.82, 2.24) is 24.0 Å². The van der Waals surface area contributed by atoms with Gasteiger partial charge in [-0.1, -0.05) is 12.6 Å². The highest BCUT2D eigenvalue weighted by molar-refractivity contribution is 5.99. The first-order valence-electron chi connectivity index (χ1n) is 12.7. The summed E-state index contributed by atoms with van der Waals surface area (Å²) in [6, 6.07) is 12.4. The van der Waals surface area contributed by atoms with Gasteiger partial charge >= 0.3 is 11.1 Å². The average Bonchev–Trinajstić information content (AvgIpc) is 2.97. The summed E-state index contributed by atoms with van der Waals surface area (Å²) >= 11 is 0. The molecule has 12 nitrogen and oxygen atoms in total. The van der Waals surface area contributed by atoms with Gasteiger partial charge in [-0.05, 0) is 43.5 Å². The normalized spacial score (nSPS) is 13.7. The van der Waals surface area contributed by atoms with Crippen LogP contribution in [0.4, 0.5) is 23.0 Å². The Morgan fingerprint density at radius 3 is 2.52 bits per heavy atom. The van der Waals surface area contributed by atoms with Crippen LogP contribution in [0.25, 0.3) is 16.9 Å². The number of hydrogen-bond acceptors (Lipinski definition) is 9. The number of anilines is 4. The lowest BCUT2D eigenvalue weighted by atomic mass is 10.2. The summed E-state index contributed by atoms with van der Waals surface area (Å²) in [5.74, 6) is 0.421. The molecule has 5 rings (SSSR count). The van der Waals surface area contributed by atoms with Crippen LogP contribution >= 0.6 is 0 Å². The van der Waals surface area contributed by atoms with Gasteiger partial charge in [-0.25, -0.2) is 4.98 Å². The van der Waals surface area contributed by atoms with Gasteiger partial charge in [0, 0.05) is 50.7 Å². The van der Waals surface area contributed by atoms with Gasteiger partial charge in [0.2, 0.25) is 11.9 Å². The molecule has 1 aliphatic rings. The number of hydrogen-bond donors (Lipinski definition) is 2. The van der Waals surface area contributed by atoms with Crippen molar-refractivity contribution in [2.45, 2.75) is 0 Å². The number of fused-ring (bicyclic) bond motifs is 1. The van der Waals surface area contributed by atoms with E-state index in [1.54, 1.807) is 31.4 Å². The van der Waals surface area contributed by atoms with Gasteiger partial charge in [0.15, 0.2) is 5.65 Å². The lowest BCUT2D eigenvalue weighted by Crippen LogP contribution is -2.44. The van der Waals surface area contributed by atoms with Crippen molar-refractivity contribution in [3.05, 3.63) is 82.0 Å². The van der Waals surface area contributed by atoms with Gasteiger partial charge in [0.25, 0.3) is 0 Å². The van der Waals surface area contributed by atoms with Crippen molar-refractivity contribution in [3.8, 4) is 11.4 Å². The highest BCUT2D eigenvalue weighted by Gasteiger charge is 2.18. The number of piperazine rings is 1. The molecule has 0 unspecified atom stereocenters. The maximum Gasteiger partial charge on any atom is 0.322 e. The van der Waals surface area contributed by atoms with E-state index in [1.807, 2.05) is 18.2 Å². The maximum absolute atomic E-state index is 13.2. The smallest absolute Gasteiger partial charge is 0.322 e. The Bertz CT molecular complexity index is 1720. The summed E-state index contributed by atoms with van der Waals surface area (Å²) < 4.78 is 8.09.